The van der Waals surface area contributed by atoms with Crippen LogP contribution in [0.1, 0.15) is 16.7 Å². The Kier molecular flexibility index (Phi) is 5.43. The van der Waals surface area contributed by atoms with Crippen LogP contribution in [-0.4, -0.2) is 4.98 Å². The minimum atomic E-state index is -0.647. The first-order chi connectivity index (χ1) is 13.9. The van der Waals surface area contributed by atoms with E-state index in [0.717, 1.165) is 16.7 Å². The van der Waals surface area contributed by atoms with Gasteiger partial charge in [0.1, 0.15) is 5.54 Å². The second-order valence-corrected chi connectivity index (χ2v) is 6.37. The van der Waals surface area contributed by atoms with E-state index < -0.39 is 5.54 Å². The second kappa shape index (κ2) is 8.48. The SMILES string of the molecule is c1ccc(C(NNOc2cccnc2)(c2ccccc2)c2ccccc2)cc1. The number of nitrogens with one attached hydrogen (secondary N) is 2. The number of benzene rings is 3. The molecule has 0 aliphatic carbocycles. The first kappa shape index (κ1) is 17.9. The number of hydrazine groups is 1. The lowest BCUT2D eigenvalue weighted by Gasteiger charge is -2.36. The summed E-state index contributed by atoms with van der Waals surface area (Å²) >= 11 is 0. The van der Waals surface area contributed by atoms with Gasteiger partial charge in [-0.1, -0.05) is 96.6 Å². The highest BCUT2D eigenvalue weighted by Crippen LogP contribution is 2.36. The van der Waals surface area contributed by atoms with E-state index in [0.29, 0.717) is 5.75 Å². The molecule has 0 atom stereocenters. The predicted octanol–water partition coefficient (Wildman–Crippen LogP) is 4.46. The van der Waals surface area contributed by atoms with Gasteiger partial charge in [0.2, 0.25) is 0 Å². The van der Waals surface area contributed by atoms with Crippen LogP contribution in [0, 0.1) is 0 Å². The van der Waals surface area contributed by atoms with Gasteiger partial charge < -0.3 is 4.84 Å². The van der Waals surface area contributed by atoms with Crippen LogP contribution in [0.4, 0.5) is 0 Å². The van der Waals surface area contributed by atoms with Crippen molar-refractivity contribution in [2.75, 3.05) is 0 Å². The largest absolute Gasteiger partial charge is 0.392 e. The fourth-order valence-electron chi connectivity index (χ4n) is 3.35. The van der Waals surface area contributed by atoms with E-state index in [4.69, 9.17) is 4.84 Å². The van der Waals surface area contributed by atoms with Crippen LogP contribution >= 0.6 is 0 Å². The molecule has 2 N–H and O–H groups in total. The van der Waals surface area contributed by atoms with E-state index in [2.05, 4.69) is 52.4 Å². The normalized spacial score (nSPS) is 11.1. The molecule has 1 aromatic heterocycles. The van der Waals surface area contributed by atoms with E-state index in [9.17, 15) is 0 Å². The molecular formula is C24H21N3O. The molecule has 0 spiro atoms. The van der Waals surface area contributed by atoms with Crippen molar-refractivity contribution in [2.24, 2.45) is 0 Å². The maximum absolute atomic E-state index is 5.70. The number of hydrogen-bond acceptors (Lipinski definition) is 4. The fraction of sp³-hybridized carbons (Fsp3) is 0.0417. The minimum absolute atomic E-state index is 0.623. The number of hydrogen-bond donors (Lipinski definition) is 2. The van der Waals surface area contributed by atoms with Crippen molar-refractivity contribution in [2.45, 2.75) is 5.54 Å². The molecule has 0 amide bonds. The summed E-state index contributed by atoms with van der Waals surface area (Å²) in [4.78, 5) is 9.78. The summed E-state index contributed by atoms with van der Waals surface area (Å²) in [5.74, 6) is 0.623. The third-order valence-electron chi connectivity index (χ3n) is 4.66. The molecule has 0 unspecified atom stereocenters. The summed E-state index contributed by atoms with van der Waals surface area (Å²) in [7, 11) is 0. The number of rotatable bonds is 7. The highest BCUT2D eigenvalue weighted by atomic mass is 16.7. The first-order valence-electron chi connectivity index (χ1n) is 9.15. The fourth-order valence-corrected chi connectivity index (χ4v) is 3.35. The Morgan fingerprint density at radius 2 is 1.11 bits per heavy atom. The molecule has 4 nitrogen and oxygen atoms in total. The summed E-state index contributed by atoms with van der Waals surface area (Å²) in [6.07, 6.45) is 3.37. The lowest BCUT2D eigenvalue weighted by molar-refractivity contribution is 0.119. The minimum Gasteiger partial charge on any atom is -0.392 e. The molecule has 28 heavy (non-hydrogen) atoms. The highest BCUT2D eigenvalue weighted by molar-refractivity contribution is 5.49. The zero-order chi connectivity index (χ0) is 19.1. The Balaban J connectivity index is 1.79. The number of pyridine rings is 1. The number of aromatic nitrogens is 1. The Labute approximate surface area is 164 Å². The first-order valence-corrected chi connectivity index (χ1v) is 9.15. The molecule has 0 fully saturated rings. The molecule has 138 valence electrons. The van der Waals surface area contributed by atoms with Crippen molar-refractivity contribution in [1.29, 1.82) is 0 Å². The molecule has 0 saturated carbocycles. The average molecular weight is 367 g/mol. The van der Waals surface area contributed by atoms with Crippen LogP contribution in [0.15, 0.2) is 116 Å². The van der Waals surface area contributed by atoms with Crippen LogP contribution in [-0.2, 0) is 5.54 Å². The van der Waals surface area contributed by atoms with Gasteiger partial charge in [0.25, 0.3) is 0 Å². The van der Waals surface area contributed by atoms with Gasteiger partial charge in [-0.25, -0.2) is 5.43 Å². The summed E-state index contributed by atoms with van der Waals surface area (Å²) < 4.78 is 0. The molecule has 3 aromatic carbocycles. The monoisotopic (exact) mass is 367 g/mol. The molecule has 0 saturated heterocycles. The van der Waals surface area contributed by atoms with Crippen LogP contribution in [0.3, 0.4) is 0 Å². The van der Waals surface area contributed by atoms with E-state index in [1.165, 1.54) is 0 Å². The standard InChI is InChI=1S/C24H21N3O/c1-4-11-20(12-5-1)24(21-13-6-2-7-14-21,22-15-8-3-9-16-22)26-27-28-23-17-10-18-25-19-23/h1-19,26-27H. The van der Waals surface area contributed by atoms with Crippen molar-refractivity contribution in [3.05, 3.63) is 132 Å². The molecule has 4 rings (SSSR count). The van der Waals surface area contributed by atoms with Gasteiger partial charge in [0.15, 0.2) is 5.75 Å². The Bertz CT molecular complexity index is 881. The Morgan fingerprint density at radius 3 is 1.54 bits per heavy atom. The van der Waals surface area contributed by atoms with E-state index in [1.54, 1.807) is 12.4 Å². The van der Waals surface area contributed by atoms with Gasteiger partial charge in [0, 0.05) is 6.20 Å². The highest BCUT2D eigenvalue weighted by Gasteiger charge is 2.36. The summed E-state index contributed by atoms with van der Waals surface area (Å²) in [6.45, 7) is 0. The second-order valence-electron chi connectivity index (χ2n) is 6.37. The molecule has 1 heterocycles. The quantitative estimate of drug-likeness (QED) is 0.374. The van der Waals surface area contributed by atoms with E-state index >= 15 is 0 Å². The molecule has 0 aliphatic rings. The van der Waals surface area contributed by atoms with Gasteiger partial charge in [-0.3, -0.25) is 4.98 Å². The van der Waals surface area contributed by atoms with Gasteiger partial charge in [-0.05, 0) is 28.8 Å². The summed E-state index contributed by atoms with van der Waals surface area (Å²) in [5.41, 5.74) is 9.01. The maximum Gasteiger partial charge on any atom is 0.167 e. The average Bonchev–Trinajstić information content (AvgIpc) is 2.79. The van der Waals surface area contributed by atoms with Gasteiger partial charge >= 0.3 is 0 Å². The molecule has 0 aliphatic heterocycles. The van der Waals surface area contributed by atoms with Gasteiger partial charge in [-0.2, -0.15) is 0 Å². The zero-order valence-corrected chi connectivity index (χ0v) is 15.3. The van der Waals surface area contributed by atoms with Crippen LogP contribution in [0.25, 0.3) is 0 Å². The maximum atomic E-state index is 5.70. The number of nitrogens with zero attached hydrogens (tertiary/aromatic N) is 1. The topological polar surface area (TPSA) is 46.2 Å². The van der Waals surface area contributed by atoms with Crippen molar-refractivity contribution < 1.29 is 4.84 Å². The third kappa shape index (κ3) is 3.64. The summed E-state index contributed by atoms with van der Waals surface area (Å²) in [6, 6.07) is 34.6. The van der Waals surface area contributed by atoms with Crippen molar-refractivity contribution in [1.82, 2.24) is 16.0 Å². The van der Waals surface area contributed by atoms with E-state index in [1.807, 2.05) is 66.7 Å². The lowest BCUT2D eigenvalue weighted by Crippen LogP contribution is -2.52. The lowest BCUT2D eigenvalue weighted by atomic mass is 9.77. The molecule has 4 aromatic rings. The Hall–Kier alpha value is -3.47. The molecule has 0 bridgehead atoms. The van der Waals surface area contributed by atoms with Gasteiger partial charge in [0.05, 0.1) is 6.20 Å². The zero-order valence-electron chi connectivity index (χ0n) is 15.3. The molecular weight excluding hydrogens is 346 g/mol. The van der Waals surface area contributed by atoms with Crippen LogP contribution in [0.2, 0.25) is 0 Å². The van der Waals surface area contributed by atoms with Crippen LogP contribution < -0.4 is 15.9 Å². The third-order valence-corrected chi connectivity index (χ3v) is 4.66. The Morgan fingerprint density at radius 1 is 0.607 bits per heavy atom. The van der Waals surface area contributed by atoms with Crippen molar-refractivity contribution in [3.8, 4) is 5.75 Å². The van der Waals surface area contributed by atoms with Crippen molar-refractivity contribution >= 4 is 0 Å². The predicted molar refractivity (Wildman–Crippen MR) is 110 cm³/mol. The molecule has 0 radical (unpaired) electrons. The molecule has 4 heteroatoms. The smallest absolute Gasteiger partial charge is 0.167 e. The van der Waals surface area contributed by atoms with Gasteiger partial charge in [-0.15, -0.1) is 0 Å². The van der Waals surface area contributed by atoms with E-state index in [-0.39, 0.29) is 0 Å². The summed E-state index contributed by atoms with van der Waals surface area (Å²) in [5, 5.41) is 0. The van der Waals surface area contributed by atoms with Crippen LogP contribution in [0.5, 0.6) is 5.75 Å². The van der Waals surface area contributed by atoms with Crippen molar-refractivity contribution in [3.63, 3.8) is 0 Å².